The second kappa shape index (κ2) is 4.65. The Hall–Kier alpha value is -2.36. The fourth-order valence-electron chi connectivity index (χ4n) is 1.48. The van der Waals surface area contributed by atoms with Crippen LogP contribution in [0.3, 0.4) is 0 Å². The van der Waals surface area contributed by atoms with Crippen LogP contribution in [0.2, 0.25) is 5.15 Å². The molecule has 0 saturated heterocycles. The van der Waals surface area contributed by atoms with Gasteiger partial charge in [0.05, 0.1) is 0 Å². The summed E-state index contributed by atoms with van der Waals surface area (Å²) in [7, 11) is 0. The number of allylic oxidation sites excluding steroid dienone is 1. The topological polar surface area (TPSA) is 60.5 Å². The van der Waals surface area contributed by atoms with Crippen molar-refractivity contribution < 1.29 is 0 Å². The molecule has 1 aromatic carbocycles. The Balaban J connectivity index is 2.54. The van der Waals surface area contributed by atoms with Crippen molar-refractivity contribution in [3.05, 3.63) is 46.8 Å². The molecule has 0 saturated carbocycles. The second-order valence-corrected chi connectivity index (χ2v) is 3.78. The highest BCUT2D eigenvalue weighted by Gasteiger charge is 1.98. The average Bonchev–Trinajstić information content (AvgIpc) is 2.36. The fourth-order valence-corrected chi connectivity index (χ4v) is 1.65. The predicted octanol–water partition coefficient (Wildman–Crippen LogP) is 3.32. The Kier molecular flexibility index (Phi) is 3.05. The minimum absolute atomic E-state index is 0.0753. The summed E-state index contributed by atoms with van der Waals surface area (Å²) in [4.78, 5) is 3.98. The van der Waals surface area contributed by atoms with Crippen molar-refractivity contribution in [2.75, 3.05) is 0 Å². The summed E-state index contributed by atoms with van der Waals surface area (Å²) >= 11 is 5.78. The number of rotatable bonds is 1. The van der Waals surface area contributed by atoms with Crippen molar-refractivity contribution in [3.63, 3.8) is 0 Å². The first-order chi connectivity index (χ1) is 8.22. The molecule has 17 heavy (non-hydrogen) atoms. The van der Waals surface area contributed by atoms with E-state index in [2.05, 4.69) is 4.98 Å². The van der Waals surface area contributed by atoms with Crippen molar-refractivity contribution in [2.24, 2.45) is 0 Å². The zero-order valence-electron chi connectivity index (χ0n) is 8.68. The van der Waals surface area contributed by atoms with Crippen LogP contribution in [0.5, 0.6) is 0 Å². The summed E-state index contributed by atoms with van der Waals surface area (Å²) < 4.78 is 0. The maximum Gasteiger partial charge on any atom is 0.130 e. The lowest BCUT2D eigenvalue weighted by Crippen LogP contribution is -1.80. The first-order valence-electron chi connectivity index (χ1n) is 4.80. The summed E-state index contributed by atoms with van der Waals surface area (Å²) in [6.07, 6.45) is 3.20. The third kappa shape index (κ3) is 2.42. The monoisotopic (exact) mass is 239 g/mol. The van der Waals surface area contributed by atoms with Gasteiger partial charge in [-0.3, -0.25) is 0 Å². The van der Waals surface area contributed by atoms with Gasteiger partial charge in [0.25, 0.3) is 0 Å². The van der Waals surface area contributed by atoms with Gasteiger partial charge in [0, 0.05) is 11.6 Å². The van der Waals surface area contributed by atoms with Gasteiger partial charge in [0.2, 0.25) is 0 Å². The lowest BCUT2D eigenvalue weighted by atomic mass is 10.1. The van der Waals surface area contributed by atoms with Crippen LogP contribution in [0.1, 0.15) is 5.56 Å². The molecule has 0 aliphatic rings. The molecule has 80 valence electrons. The molecule has 0 N–H and O–H groups in total. The maximum absolute atomic E-state index is 8.67. The molecule has 0 aliphatic heterocycles. The standard InChI is InChI=1S/C13H6ClN3/c14-13-5-11-2-1-9(3-10(6-15)7-16)4-12(11)8-17-13/h1-5,8H. The minimum atomic E-state index is 0.0753. The quantitative estimate of drug-likeness (QED) is 0.567. The first kappa shape index (κ1) is 11.1. The summed E-state index contributed by atoms with van der Waals surface area (Å²) in [5, 5.41) is 19.7. The van der Waals surface area contributed by atoms with Gasteiger partial charge in [0.1, 0.15) is 22.9 Å². The Labute approximate surface area is 103 Å². The number of pyridine rings is 1. The van der Waals surface area contributed by atoms with Gasteiger partial charge in [-0.1, -0.05) is 23.7 Å². The number of fused-ring (bicyclic) bond motifs is 1. The lowest BCUT2D eigenvalue weighted by Gasteiger charge is -1.99. The summed E-state index contributed by atoms with van der Waals surface area (Å²) in [6, 6.07) is 11.0. The maximum atomic E-state index is 8.67. The molecule has 0 amide bonds. The molecule has 0 fully saturated rings. The normalized spacial score (nSPS) is 9.35. The molecule has 0 atom stereocenters. The van der Waals surface area contributed by atoms with Crippen LogP contribution < -0.4 is 0 Å². The van der Waals surface area contributed by atoms with Crippen LogP contribution in [0.4, 0.5) is 0 Å². The van der Waals surface area contributed by atoms with E-state index >= 15 is 0 Å². The van der Waals surface area contributed by atoms with Crippen LogP contribution in [-0.4, -0.2) is 4.98 Å². The van der Waals surface area contributed by atoms with Gasteiger partial charge in [-0.2, -0.15) is 10.5 Å². The Bertz CT molecular complexity index is 674. The van der Waals surface area contributed by atoms with Gasteiger partial charge < -0.3 is 0 Å². The molecule has 4 heteroatoms. The number of hydrogen-bond acceptors (Lipinski definition) is 3. The lowest BCUT2D eigenvalue weighted by molar-refractivity contribution is 1.36. The van der Waals surface area contributed by atoms with E-state index in [1.807, 2.05) is 30.3 Å². The molecule has 0 aliphatic carbocycles. The molecule has 0 unspecified atom stereocenters. The molecule has 1 heterocycles. The SMILES string of the molecule is N#CC(C#N)=Cc1ccc2cc(Cl)ncc2c1. The number of nitriles is 2. The van der Waals surface area contributed by atoms with E-state index in [9.17, 15) is 0 Å². The van der Waals surface area contributed by atoms with Gasteiger partial charge in [-0.15, -0.1) is 0 Å². The summed E-state index contributed by atoms with van der Waals surface area (Å²) in [6.45, 7) is 0. The van der Waals surface area contributed by atoms with E-state index in [1.165, 1.54) is 6.08 Å². The van der Waals surface area contributed by atoms with Crippen LogP contribution in [0, 0.1) is 22.7 Å². The number of halogens is 1. The summed E-state index contributed by atoms with van der Waals surface area (Å²) in [5.74, 6) is 0. The Morgan fingerprint density at radius 2 is 1.94 bits per heavy atom. The molecular weight excluding hydrogens is 234 g/mol. The van der Waals surface area contributed by atoms with Gasteiger partial charge in [0.15, 0.2) is 0 Å². The van der Waals surface area contributed by atoms with E-state index in [4.69, 9.17) is 22.1 Å². The van der Waals surface area contributed by atoms with Crippen LogP contribution in [0.25, 0.3) is 16.8 Å². The zero-order chi connectivity index (χ0) is 12.3. The summed E-state index contributed by atoms with van der Waals surface area (Å²) in [5.41, 5.74) is 0.867. The van der Waals surface area contributed by atoms with E-state index in [-0.39, 0.29) is 5.57 Å². The van der Waals surface area contributed by atoms with Crippen LogP contribution in [-0.2, 0) is 0 Å². The smallest absolute Gasteiger partial charge is 0.130 e. The minimum Gasteiger partial charge on any atom is -0.244 e. The number of benzene rings is 1. The number of hydrogen-bond donors (Lipinski definition) is 0. The second-order valence-electron chi connectivity index (χ2n) is 3.40. The van der Waals surface area contributed by atoms with Crippen molar-refractivity contribution in [1.82, 2.24) is 4.98 Å². The van der Waals surface area contributed by atoms with Gasteiger partial charge in [-0.05, 0) is 29.2 Å². The highest BCUT2D eigenvalue weighted by atomic mass is 35.5. The number of nitrogens with zero attached hydrogens (tertiary/aromatic N) is 3. The van der Waals surface area contributed by atoms with E-state index in [1.54, 1.807) is 12.3 Å². The van der Waals surface area contributed by atoms with Crippen LogP contribution in [0.15, 0.2) is 36.0 Å². The average molecular weight is 240 g/mol. The molecule has 0 bridgehead atoms. The fraction of sp³-hybridized carbons (Fsp3) is 0. The number of aromatic nitrogens is 1. The van der Waals surface area contributed by atoms with Crippen molar-refractivity contribution in [2.45, 2.75) is 0 Å². The molecule has 3 nitrogen and oxygen atoms in total. The van der Waals surface area contributed by atoms with Crippen molar-refractivity contribution in [3.8, 4) is 12.1 Å². The van der Waals surface area contributed by atoms with Gasteiger partial charge in [-0.25, -0.2) is 4.98 Å². The van der Waals surface area contributed by atoms with Crippen molar-refractivity contribution >= 4 is 28.4 Å². The van der Waals surface area contributed by atoms with E-state index < -0.39 is 0 Å². The Morgan fingerprint density at radius 1 is 1.18 bits per heavy atom. The van der Waals surface area contributed by atoms with Crippen LogP contribution >= 0.6 is 11.6 Å². The molecule has 2 aromatic rings. The van der Waals surface area contributed by atoms with Crippen molar-refractivity contribution in [1.29, 1.82) is 10.5 Å². The van der Waals surface area contributed by atoms with Gasteiger partial charge >= 0.3 is 0 Å². The van der Waals surface area contributed by atoms with E-state index in [0.717, 1.165) is 16.3 Å². The highest BCUT2D eigenvalue weighted by Crippen LogP contribution is 2.19. The largest absolute Gasteiger partial charge is 0.244 e. The molecule has 0 spiro atoms. The molecule has 2 rings (SSSR count). The molecule has 1 aromatic heterocycles. The first-order valence-corrected chi connectivity index (χ1v) is 5.18. The third-order valence-corrected chi connectivity index (χ3v) is 2.47. The van der Waals surface area contributed by atoms with E-state index in [0.29, 0.717) is 5.15 Å². The molecular formula is C13H6ClN3. The molecule has 0 radical (unpaired) electrons. The Morgan fingerprint density at radius 3 is 2.65 bits per heavy atom. The third-order valence-electron chi connectivity index (χ3n) is 2.26. The highest BCUT2D eigenvalue weighted by molar-refractivity contribution is 6.30. The predicted molar refractivity (Wildman–Crippen MR) is 66.0 cm³/mol. The zero-order valence-corrected chi connectivity index (χ0v) is 9.44.